The van der Waals surface area contributed by atoms with Crippen LogP contribution in [0.1, 0.15) is 75.3 Å². The monoisotopic (exact) mass is 475 g/mol. The molecule has 0 saturated carbocycles. The molecule has 1 aliphatic heterocycles. The Hall–Kier alpha value is -3.15. The number of nitrogens with zero attached hydrogens (tertiary/aromatic N) is 3. The second kappa shape index (κ2) is 13.1. The lowest BCUT2D eigenvalue weighted by molar-refractivity contribution is 0.0909. The van der Waals surface area contributed by atoms with Gasteiger partial charge >= 0.3 is 6.09 Å². The normalized spacial score (nSPS) is 15.5. The predicted molar refractivity (Wildman–Crippen MR) is 137 cm³/mol. The summed E-state index contributed by atoms with van der Waals surface area (Å²) in [5, 5.41) is 4.19. The molecule has 1 aromatic heterocycles. The average molecular weight is 476 g/mol. The Bertz CT molecular complexity index is 1030. The lowest BCUT2D eigenvalue weighted by Crippen LogP contribution is -2.37. The van der Waals surface area contributed by atoms with Crippen molar-refractivity contribution in [1.82, 2.24) is 15.0 Å². The molecule has 35 heavy (non-hydrogen) atoms. The zero-order valence-electron chi connectivity index (χ0n) is 20.8. The quantitative estimate of drug-likeness (QED) is 0.264. The molecule has 1 amide bonds. The fourth-order valence-corrected chi connectivity index (χ4v) is 4.68. The van der Waals surface area contributed by atoms with E-state index in [1.165, 1.54) is 44.1 Å². The molecule has 0 N–H and O–H groups in total. The zero-order valence-corrected chi connectivity index (χ0v) is 20.8. The Morgan fingerprint density at radius 2 is 1.77 bits per heavy atom. The highest BCUT2D eigenvalue weighted by Gasteiger charge is 2.31. The molecule has 4 rings (SSSR count). The predicted octanol–water partition coefficient (Wildman–Crippen LogP) is 6.98. The van der Waals surface area contributed by atoms with E-state index >= 15 is 0 Å². The summed E-state index contributed by atoms with van der Waals surface area (Å²) in [7, 11) is 0. The number of rotatable bonds is 12. The van der Waals surface area contributed by atoms with Crippen molar-refractivity contribution in [2.45, 2.75) is 83.8 Å². The molecular weight excluding hydrogens is 438 g/mol. The van der Waals surface area contributed by atoms with Crippen LogP contribution in [0.15, 0.2) is 59.1 Å². The van der Waals surface area contributed by atoms with Gasteiger partial charge in [-0.15, -0.1) is 0 Å². The first-order valence-electron chi connectivity index (χ1n) is 13.1. The van der Waals surface area contributed by atoms with Crippen molar-refractivity contribution in [2.75, 3.05) is 6.54 Å². The van der Waals surface area contributed by atoms with E-state index in [1.807, 2.05) is 30.3 Å². The van der Waals surface area contributed by atoms with Crippen molar-refractivity contribution < 1.29 is 14.1 Å². The summed E-state index contributed by atoms with van der Waals surface area (Å²) in [4.78, 5) is 19.1. The van der Waals surface area contributed by atoms with Gasteiger partial charge in [0.05, 0.1) is 0 Å². The molecule has 186 valence electrons. The van der Waals surface area contributed by atoms with Gasteiger partial charge < -0.3 is 14.2 Å². The van der Waals surface area contributed by atoms with Gasteiger partial charge in [-0.25, -0.2) is 4.79 Å². The van der Waals surface area contributed by atoms with Crippen molar-refractivity contribution in [3.63, 3.8) is 0 Å². The van der Waals surface area contributed by atoms with E-state index < -0.39 is 0 Å². The first-order valence-corrected chi connectivity index (χ1v) is 13.1. The molecule has 1 fully saturated rings. The summed E-state index contributed by atoms with van der Waals surface area (Å²) < 4.78 is 11.1. The van der Waals surface area contributed by atoms with Crippen molar-refractivity contribution in [3.8, 4) is 11.4 Å². The fourth-order valence-electron chi connectivity index (χ4n) is 4.68. The molecule has 6 nitrogen and oxygen atoms in total. The van der Waals surface area contributed by atoms with E-state index in [0.717, 1.165) is 30.4 Å². The van der Waals surface area contributed by atoms with Gasteiger partial charge in [-0.1, -0.05) is 98.8 Å². The summed E-state index contributed by atoms with van der Waals surface area (Å²) in [6.45, 7) is 3.23. The van der Waals surface area contributed by atoms with Crippen molar-refractivity contribution in [2.24, 2.45) is 0 Å². The Balaban J connectivity index is 1.26. The number of carbonyl (C=O) groups excluding carboxylic acids is 1. The topological polar surface area (TPSA) is 68.5 Å². The van der Waals surface area contributed by atoms with Crippen molar-refractivity contribution in [1.29, 1.82) is 0 Å². The Labute approximate surface area is 208 Å². The molecule has 2 aromatic carbocycles. The van der Waals surface area contributed by atoms with E-state index in [9.17, 15) is 4.79 Å². The van der Waals surface area contributed by atoms with Crippen LogP contribution in [0.4, 0.5) is 4.79 Å². The SMILES string of the molecule is CCCCCCCCc1ccc(-c2noc(C[C@@H]3CCCN3C(=O)OCc3ccccc3)n2)cc1. The molecule has 1 aliphatic rings. The van der Waals surface area contributed by atoms with E-state index in [2.05, 4.69) is 41.3 Å². The van der Waals surface area contributed by atoms with Crippen LogP contribution in [0, 0.1) is 0 Å². The van der Waals surface area contributed by atoms with Crippen molar-refractivity contribution >= 4 is 6.09 Å². The second-order valence-corrected chi connectivity index (χ2v) is 9.46. The van der Waals surface area contributed by atoms with Crippen LogP contribution in [-0.4, -0.2) is 33.7 Å². The van der Waals surface area contributed by atoms with Gasteiger partial charge in [0.15, 0.2) is 0 Å². The Morgan fingerprint density at radius 1 is 1.00 bits per heavy atom. The maximum Gasteiger partial charge on any atom is 0.410 e. The number of ether oxygens (including phenoxy) is 1. The third-order valence-corrected chi connectivity index (χ3v) is 6.73. The molecule has 3 aromatic rings. The molecule has 0 radical (unpaired) electrons. The van der Waals surface area contributed by atoms with E-state index in [-0.39, 0.29) is 18.7 Å². The average Bonchev–Trinajstić information content (AvgIpc) is 3.56. The molecule has 6 heteroatoms. The summed E-state index contributed by atoms with van der Waals surface area (Å²) in [6, 6.07) is 18.2. The summed E-state index contributed by atoms with van der Waals surface area (Å²) in [6.07, 6.45) is 11.1. The van der Waals surface area contributed by atoms with Gasteiger partial charge in [0.2, 0.25) is 11.7 Å². The van der Waals surface area contributed by atoms with Gasteiger partial charge in [0.1, 0.15) is 6.61 Å². The van der Waals surface area contributed by atoms with Crippen LogP contribution in [0.5, 0.6) is 0 Å². The number of unbranched alkanes of at least 4 members (excludes halogenated alkanes) is 5. The Kier molecular flexibility index (Phi) is 9.32. The maximum absolute atomic E-state index is 12.7. The van der Waals surface area contributed by atoms with Gasteiger partial charge in [0, 0.05) is 24.6 Å². The minimum absolute atomic E-state index is 0.0197. The van der Waals surface area contributed by atoms with Crippen LogP contribution in [0.3, 0.4) is 0 Å². The van der Waals surface area contributed by atoms with Crippen LogP contribution < -0.4 is 0 Å². The van der Waals surface area contributed by atoms with Crippen LogP contribution in [-0.2, 0) is 24.2 Å². The largest absolute Gasteiger partial charge is 0.445 e. The number of hydrogen-bond acceptors (Lipinski definition) is 5. The Morgan fingerprint density at radius 3 is 2.57 bits per heavy atom. The molecule has 0 aliphatic carbocycles. The van der Waals surface area contributed by atoms with Gasteiger partial charge in [-0.2, -0.15) is 4.98 Å². The number of aromatic nitrogens is 2. The van der Waals surface area contributed by atoms with E-state index in [4.69, 9.17) is 9.26 Å². The minimum Gasteiger partial charge on any atom is -0.445 e. The first kappa shape index (κ1) is 25.0. The van der Waals surface area contributed by atoms with Crippen LogP contribution >= 0.6 is 0 Å². The van der Waals surface area contributed by atoms with Crippen LogP contribution in [0.25, 0.3) is 11.4 Å². The number of likely N-dealkylation sites (tertiary alicyclic amines) is 1. The molecule has 0 unspecified atom stereocenters. The summed E-state index contributed by atoms with van der Waals surface area (Å²) in [5.41, 5.74) is 3.29. The molecular formula is C29H37N3O3. The minimum atomic E-state index is -0.281. The van der Waals surface area contributed by atoms with Crippen molar-refractivity contribution in [3.05, 3.63) is 71.6 Å². The number of amides is 1. The number of carbonyl (C=O) groups is 1. The van der Waals surface area contributed by atoms with Crippen LogP contribution in [0.2, 0.25) is 0 Å². The number of benzene rings is 2. The third kappa shape index (κ3) is 7.41. The van der Waals surface area contributed by atoms with E-state index in [1.54, 1.807) is 4.90 Å². The summed E-state index contributed by atoms with van der Waals surface area (Å²) >= 11 is 0. The molecule has 2 heterocycles. The van der Waals surface area contributed by atoms with E-state index in [0.29, 0.717) is 24.7 Å². The fraction of sp³-hybridized carbons (Fsp3) is 0.483. The molecule has 0 bridgehead atoms. The number of aryl methyl sites for hydroxylation is 1. The molecule has 0 spiro atoms. The summed E-state index contributed by atoms with van der Waals surface area (Å²) in [5.74, 6) is 1.16. The maximum atomic E-state index is 12.7. The zero-order chi connectivity index (χ0) is 24.3. The lowest BCUT2D eigenvalue weighted by Gasteiger charge is -2.22. The molecule has 1 saturated heterocycles. The second-order valence-electron chi connectivity index (χ2n) is 9.46. The van der Waals surface area contributed by atoms with Gasteiger partial charge in [0.25, 0.3) is 0 Å². The lowest BCUT2D eigenvalue weighted by atomic mass is 10.0. The highest BCUT2D eigenvalue weighted by atomic mass is 16.6. The van der Waals surface area contributed by atoms with Gasteiger partial charge in [-0.05, 0) is 36.8 Å². The third-order valence-electron chi connectivity index (χ3n) is 6.73. The number of hydrogen-bond donors (Lipinski definition) is 0. The highest BCUT2D eigenvalue weighted by Crippen LogP contribution is 2.24. The first-order chi connectivity index (χ1) is 17.2. The molecule has 1 atom stereocenters. The smallest absolute Gasteiger partial charge is 0.410 e. The van der Waals surface area contributed by atoms with Gasteiger partial charge in [-0.3, -0.25) is 0 Å². The standard InChI is InChI=1S/C29H37N3O3/c1-2-3-4-5-6-8-12-23-16-18-25(19-17-23)28-30-27(35-31-28)21-26-15-11-20-32(26)29(33)34-22-24-13-9-7-10-14-24/h7,9-10,13-14,16-19,26H,2-6,8,11-12,15,20-22H2,1H3/t26-/m0/s1. The highest BCUT2D eigenvalue weighted by molar-refractivity contribution is 5.68.